The van der Waals surface area contributed by atoms with E-state index in [2.05, 4.69) is 16.8 Å². The number of thiophene rings is 1. The molecule has 1 aromatic heterocycles. The molecule has 0 aliphatic rings. The van der Waals surface area contributed by atoms with Crippen LogP contribution >= 0.6 is 11.3 Å². The van der Waals surface area contributed by atoms with Crippen molar-refractivity contribution in [3.8, 4) is 0 Å². The molecule has 0 aliphatic carbocycles. The van der Waals surface area contributed by atoms with Crippen LogP contribution in [0.4, 0.5) is 10.1 Å². The van der Waals surface area contributed by atoms with Gasteiger partial charge >= 0.3 is 0 Å². The standard InChI is InChI=1S/C12H12FNS/c1-9-2-3-11(13)6-12(9)14-7-10-4-5-15-8-10/h2-6,8,14H,7H2,1H3. The minimum Gasteiger partial charge on any atom is -0.381 e. The van der Waals surface area contributed by atoms with Gasteiger partial charge in [-0.3, -0.25) is 0 Å². The zero-order valence-corrected chi connectivity index (χ0v) is 9.27. The smallest absolute Gasteiger partial charge is 0.125 e. The highest BCUT2D eigenvalue weighted by Gasteiger charge is 2.00. The predicted molar refractivity (Wildman–Crippen MR) is 62.8 cm³/mol. The number of halogens is 1. The quantitative estimate of drug-likeness (QED) is 0.831. The third-order valence-corrected chi connectivity index (χ3v) is 2.99. The van der Waals surface area contributed by atoms with Gasteiger partial charge in [0.25, 0.3) is 0 Å². The summed E-state index contributed by atoms with van der Waals surface area (Å²) in [6, 6.07) is 6.85. The van der Waals surface area contributed by atoms with Gasteiger partial charge in [-0.2, -0.15) is 11.3 Å². The molecule has 1 nitrogen and oxygen atoms in total. The number of rotatable bonds is 3. The second kappa shape index (κ2) is 4.45. The van der Waals surface area contributed by atoms with E-state index in [9.17, 15) is 4.39 Å². The molecule has 2 rings (SSSR count). The zero-order chi connectivity index (χ0) is 10.7. The highest BCUT2D eigenvalue weighted by Crippen LogP contribution is 2.17. The summed E-state index contributed by atoms with van der Waals surface area (Å²) in [4.78, 5) is 0. The summed E-state index contributed by atoms with van der Waals surface area (Å²) in [7, 11) is 0. The fourth-order valence-electron chi connectivity index (χ4n) is 1.38. The molecule has 1 aromatic carbocycles. The van der Waals surface area contributed by atoms with Gasteiger partial charge in [0.15, 0.2) is 0 Å². The molecule has 0 saturated heterocycles. The highest BCUT2D eigenvalue weighted by atomic mass is 32.1. The predicted octanol–water partition coefficient (Wildman–Crippen LogP) is 3.81. The van der Waals surface area contributed by atoms with E-state index in [0.717, 1.165) is 17.8 Å². The van der Waals surface area contributed by atoms with Crippen molar-refractivity contribution in [1.29, 1.82) is 0 Å². The van der Waals surface area contributed by atoms with Gasteiger partial charge in [0.1, 0.15) is 5.82 Å². The number of benzene rings is 1. The van der Waals surface area contributed by atoms with Crippen molar-refractivity contribution in [2.45, 2.75) is 13.5 Å². The van der Waals surface area contributed by atoms with Crippen LogP contribution in [-0.4, -0.2) is 0 Å². The molecule has 2 aromatic rings. The number of anilines is 1. The Morgan fingerprint density at radius 2 is 2.20 bits per heavy atom. The fraction of sp³-hybridized carbons (Fsp3) is 0.167. The van der Waals surface area contributed by atoms with E-state index in [1.807, 2.05) is 12.3 Å². The minimum atomic E-state index is -0.201. The summed E-state index contributed by atoms with van der Waals surface area (Å²) in [5.41, 5.74) is 3.15. The van der Waals surface area contributed by atoms with Gasteiger partial charge in [-0.25, -0.2) is 4.39 Å². The van der Waals surface area contributed by atoms with Crippen molar-refractivity contribution in [3.63, 3.8) is 0 Å². The summed E-state index contributed by atoms with van der Waals surface area (Å²) < 4.78 is 13.0. The topological polar surface area (TPSA) is 12.0 Å². The Hall–Kier alpha value is -1.35. The molecule has 0 amide bonds. The maximum atomic E-state index is 13.0. The molecular weight excluding hydrogens is 209 g/mol. The molecule has 0 fully saturated rings. The Morgan fingerprint density at radius 3 is 2.93 bits per heavy atom. The molecule has 1 N–H and O–H groups in total. The molecule has 0 saturated carbocycles. The Bertz CT molecular complexity index is 437. The second-order valence-electron chi connectivity index (χ2n) is 3.44. The van der Waals surface area contributed by atoms with Crippen molar-refractivity contribution in [1.82, 2.24) is 0 Å². The van der Waals surface area contributed by atoms with E-state index in [-0.39, 0.29) is 5.82 Å². The maximum Gasteiger partial charge on any atom is 0.125 e. The average molecular weight is 221 g/mol. The maximum absolute atomic E-state index is 13.0. The molecule has 3 heteroatoms. The van der Waals surface area contributed by atoms with Crippen LogP contribution in [0.2, 0.25) is 0 Å². The van der Waals surface area contributed by atoms with Crippen LogP contribution in [0.15, 0.2) is 35.0 Å². The lowest BCUT2D eigenvalue weighted by molar-refractivity contribution is 0.628. The number of aryl methyl sites for hydroxylation is 1. The van der Waals surface area contributed by atoms with Crippen molar-refractivity contribution in [3.05, 3.63) is 52.0 Å². The first-order chi connectivity index (χ1) is 7.25. The Balaban J connectivity index is 2.07. The van der Waals surface area contributed by atoms with Crippen LogP contribution in [0, 0.1) is 12.7 Å². The highest BCUT2D eigenvalue weighted by molar-refractivity contribution is 7.07. The van der Waals surface area contributed by atoms with Crippen LogP contribution < -0.4 is 5.32 Å². The monoisotopic (exact) mass is 221 g/mol. The summed E-state index contributed by atoms with van der Waals surface area (Å²) in [5, 5.41) is 7.34. The van der Waals surface area contributed by atoms with E-state index < -0.39 is 0 Å². The van der Waals surface area contributed by atoms with Gasteiger partial charge in [0.05, 0.1) is 0 Å². The molecule has 0 spiro atoms. The second-order valence-corrected chi connectivity index (χ2v) is 4.22. The van der Waals surface area contributed by atoms with E-state index in [1.165, 1.54) is 17.7 Å². The van der Waals surface area contributed by atoms with Crippen LogP contribution in [-0.2, 0) is 6.54 Å². The van der Waals surface area contributed by atoms with Gasteiger partial charge in [0.2, 0.25) is 0 Å². The normalized spacial score (nSPS) is 10.3. The minimum absolute atomic E-state index is 0.201. The fourth-order valence-corrected chi connectivity index (χ4v) is 2.04. The lowest BCUT2D eigenvalue weighted by Crippen LogP contribution is -2.00. The molecular formula is C12H12FNS. The van der Waals surface area contributed by atoms with Crippen LogP contribution in [0.3, 0.4) is 0 Å². The number of nitrogens with one attached hydrogen (secondary N) is 1. The van der Waals surface area contributed by atoms with Crippen molar-refractivity contribution in [2.24, 2.45) is 0 Å². The van der Waals surface area contributed by atoms with E-state index in [1.54, 1.807) is 17.4 Å². The van der Waals surface area contributed by atoms with Gasteiger partial charge in [-0.15, -0.1) is 0 Å². The summed E-state index contributed by atoms with van der Waals surface area (Å²) in [5.74, 6) is -0.201. The van der Waals surface area contributed by atoms with Gasteiger partial charge in [-0.1, -0.05) is 6.07 Å². The first-order valence-corrected chi connectivity index (χ1v) is 5.71. The van der Waals surface area contributed by atoms with E-state index in [0.29, 0.717) is 0 Å². The summed E-state index contributed by atoms with van der Waals surface area (Å²) >= 11 is 1.67. The zero-order valence-electron chi connectivity index (χ0n) is 8.46. The third-order valence-electron chi connectivity index (χ3n) is 2.26. The molecule has 0 aliphatic heterocycles. The molecule has 0 radical (unpaired) electrons. The Morgan fingerprint density at radius 1 is 1.33 bits per heavy atom. The van der Waals surface area contributed by atoms with Gasteiger partial charge < -0.3 is 5.32 Å². The third kappa shape index (κ3) is 2.57. The molecule has 78 valence electrons. The van der Waals surface area contributed by atoms with Crippen LogP contribution in [0.5, 0.6) is 0 Å². The number of hydrogen-bond acceptors (Lipinski definition) is 2. The molecule has 1 heterocycles. The first-order valence-electron chi connectivity index (χ1n) is 4.77. The first kappa shape index (κ1) is 10.2. The van der Waals surface area contributed by atoms with Gasteiger partial charge in [0, 0.05) is 12.2 Å². The molecule has 15 heavy (non-hydrogen) atoms. The summed E-state index contributed by atoms with van der Waals surface area (Å²) in [6.07, 6.45) is 0. The lowest BCUT2D eigenvalue weighted by atomic mass is 10.2. The Kier molecular flexibility index (Phi) is 3.02. The van der Waals surface area contributed by atoms with E-state index >= 15 is 0 Å². The van der Waals surface area contributed by atoms with Crippen molar-refractivity contribution < 1.29 is 4.39 Å². The molecule has 0 bridgehead atoms. The number of hydrogen-bond donors (Lipinski definition) is 1. The largest absolute Gasteiger partial charge is 0.381 e. The molecule has 0 atom stereocenters. The van der Waals surface area contributed by atoms with Crippen LogP contribution in [0.25, 0.3) is 0 Å². The van der Waals surface area contributed by atoms with Crippen LogP contribution in [0.1, 0.15) is 11.1 Å². The van der Waals surface area contributed by atoms with Crippen molar-refractivity contribution in [2.75, 3.05) is 5.32 Å². The Labute approximate surface area is 92.6 Å². The lowest BCUT2D eigenvalue weighted by Gasteiger charge is -2.08. The molecule has 0 unspecified atom stereocenters. The average Bonchev–Trinajstić information content (AvgIpc) is 2.72. The van der Waals surface area contributed by atoms with Gasteiger partial charge in [-0.05, 0) is 47.0 Å². The summed E-state index contributed by atoms with van der Waals surface area (Å²) in [6.45, 7) is 2.71. The van der Waals surface area contributed by atoms with E-state index in [4.69, 9.17) is 0 Å². The van der Waals surface area contributed by atoms with Crippen molar-refractivity contribution >= 4 is 17.0 Å². The SMILES string of the molecule is Cc1ccc(F)cc1NCc1ccsc1.